The molecule has 0 amide bonds. The van der Waals surface area contributed by atoms with Crippen LogP contribution in [0.4, 0.5) is 4.39 Å². The van der Waals surface area contributed by atoms with Crippen molar-refractivity contribution in [2.45, 2.75) is 20.4 Å². The van der Waals surface area contributed by atoms with Crippen LogP contribution in [0.3, 0.4) is 0 Å². The molecule has 0 spiro atoms. The highest BCUT2D eigenvalue weighted by Gasteiger charge is 2.12. The minimum atomic E-state index is -0.442. The minimum Gasteiger partial charge on any atom is -0.298 e. The van der Waals surface area contributed by atoms with E-state index in [0.29, 0.717) is 29.3 Å². The summed E-state index contributed by atoms with van der Waals surface area (Å²) in [6, 6.07) is 1.32. The van der Waals surface area contributed by atoms with Gasteiger partial charge in [-0.3, -0.25) is 14.5 Å². The quantitative estimate of drug-likeness (QED) is 0.780. The Kier molecular flexibility index (Phi) is 3.50. The van der Waals surface area contributed by atoms with Crippen LogP contribution in [0.1, 0.15) is 24.2 Å². The van der Waals surface area contributed by atoms with Gasteiger partial charge in [0, 0.05) is 24.5 Å². The Bertz CT molecular complexity index is 563. The molecule has 0 radical (unpaired) electrons. The predicted octanol–water partition coefficient (Wildman–Crippen LogP) is 2.55. The average molecular weight is 247 g/mol. The lowest BCUT2D eigenvalue weighted by Gasteiger charge is -2.03. The van der Waals surface area contributed by atoms with E-state index < -0.39 is 5.82 Å². The third-order valence-electron chi connectivity index (χ3n) is 2.45. The standard InChI is InChI=1S/C13H14FN3O/c1-9(2)6-17-7-11(8-18)13(16-17)10-3-12(14)5-15-4-10/h3-5,7-9H,6H2,1-2H3. The van der Waals surface area contributed by atoms with Crippen molar-refractivity contribution in [3.8, 4) is 11.3 Å². The summed E-state index contributed by atoms with van der Waals surface area (Å²) in [5, 5.41) is 4.31. The first-order valence-corrected chi connectivity index (χ1v) is 5.73. The maximum atomic E-state index is 13.1. The Hall–Kier alpha value is -2.04. The van der Waals surface area contributed by atoms with Crippen molar-refractivity contribution < 1.29 is 9.18 Å². The zero-order valence-corrected chi connectivity index (χ0v) is 10.3. The second-order valence-corrected chi connectivity index (χ2v) is 4.56. The number of carbonyl (C=O) groups is 1. The average Bonchev–Trinajstić information content (AvgIpc) is 2.71. The Morgan fingerprint density at radius 2 is 2.22 bits per heavy atom. The summed E-state index contributed by atoms with van der Waals surface area (Å²) in [6.45, 7) is 4.83. The third kappa shape index (κ3) is 2.61. The zero-order valence-electron chi connectivity index (χ0n) is 10.3. The van der Waals surface area contributed by atoms with Crippen molar-refractivity contribution in [2.75, 3.05) is 0 Å². The number of rotatable bonds is 4. The first-order chi connectivity index (χ1) is 8.60. The Balaban J connectivity index is 2.43. The van der Waals surface area contributed by atoms with E-state index in [-0.39, 0.29) is 0 Å². The van der Waals surface area contributed by atoms with E-state index in [1.807, 2.05) is 0 Å². The first kappa shape index (κ1) is 12.4. The van der Waals surface area contributed by atoms with Crippen LogP contribution >= 0.6 is 0 Å². The molecule has 0 N–H and O–H groups in total. The molecule has 2 aromatic rings. The van der Waals surface area contributed by atoms with Crippen molar-refractivity contribution in [1.29, 1.82) is 0 Å². The zero-order chi connectivity index (χ0) is 13.1. The Labute approximate surface area is 104 Å². The van der Waals surface area contributed by atoms with Gasteiger partial charge >= 0.3 is 0 Å². The second-order valence-electron chi connectivity index (χ2n) is 4.56. The maximum Gasteiger partial charge on any atom is 0.153 e. The van der Waals surface area contributed by atoms with Gasteiger partial charge in [0.05, 0.1) is 11.8 Å². The van der Waals surface area contributed by atoms with Crippen molar-refractivity contribution in [2.24, 2.45) is 5.92 Å². The highest BCUT2D eigenvalue weighted by atomic mass is 19.1. The monoisotopic (exact) mass is 247 g/mol. The molecular weight excluding hydrogens is 233 g/mol. The van der Waals surface area contributed by atoms with Gasteiger partial charge in [-0.05, 0) is 12.0 Å². The normalized spacial score (nSPS) is 10.9. The van der Waals surface area contributed by atoms with Gasteiger partial charge in [0.25, 0.3) is 0 Å². The number of hydrogen-bond donors (Lipinski definition) is 0. The second kappa shape index (κ2) is 5.08. The van der Waals surface area contributed by atoms with Gasteiger partial charge in [0.2, 0.25) is 0 Å². The molecule has 18 heavy (non-hydrogen) atoms. The minimum absolute atomic E-state index is 0.419. The molecule has 0 aliphatic rings. The molecule has 0 bridgehead atoms. The molecule has 0 saturated heterocycles. The number of pyridine rings is 1. The van der Waals surface area contributed by atoms with Crippen molar-refractivity contribution in [3.05, 3.63) is 36.0 Å². The molecule has 0 atom stereocenters. The maximum absolute atomic E-state index is 13.1. The summed E-state index contributed by atoms with van der Waals surface area (Å²) < 4.78 is 14.8. The lowest BCUT2D eigenvalue weighted by atomic mass is 10.1. The number of carbonyl (C=O) groups excluding carboxylic acids is 1. The highest BCUT2D eigenvalue weighted by Crippen LogP contribution is 2.21. The van der Waals surface area contributed by atoms with Gasteiger partial charge in [-0.25, -0.2) is 4.39 Å². The summed E-state index contributed by atoms with van der Waals surface area (Å²) in [7, 11) is 0. The van der Waals surface area contributed by atoms with Gasteiger partial charge in [0.1, 0.15) is 11.5 Å². The van der Waals surface area contributed by atoms with Gasteiger partial charge < -0.3 is 0 Å². The fraction of sp³-hybridized carbons (Fsp3) is 0.308. The number of halogens is 1. The Morgan fingerprint density at radius 1 is 1.44 bits per heavy atom. The predicted molar refractivity (Wildman–Crippen MR) is 65.6 cm³/mol. The summed E-state index contributed by atoms with van der Waals surface area (Å²) in [6.07, 6.45) is 5.02. The van der Waals surface area contributed by atoms with E-state index in [9.17, 15) is 9.18 Å². The van der Waals surface area contributed by atoms with Crippen LogP contribution in [0.5, 0.6) is 0 Å². The van der Waals surface area contributed by atoms with Gasteiger partial charge in [-0.1, -0.05) is 13.8 Å². The van der Waals surface area contributed by atoms with Crippen molar-refractivity contribution in [3.63, 3.8) is 0 Å². The van der Waals surface area contributed by atoms with E-state index >= 15 is 0 Å². The largest absolute Gasteiger partial charge is 0.298 e. The summed E-state index contributed by atoms with van der Waals surface area (Å²) in [4.78, 5) is 14.8. The smallest absolute Gasteiger partial charge is 0.153 e. The summed E-state index contributed by atoms with van der Waals surface area (Å²) in [5.41, 5.74) is 1.43. The summed E-state index contributed by atoms with van der Waals surface area (Å²) >= 11 is 0. The summed E-state index contributed by atoms with van der Waals surface area (Å²) in [5.74, 6) is -0.0226. The highest BCUT2D eigenvalue weighted by molar-refractivity contribution is 5.85. The van der Waals surface area contributed by atoms with E-state index in [1.54, 1.807) is 10.9 Å². The Morgan fingerprint density at radius 3 is 2.83 bits per heavy atom. The van der Waals surface area contributed by atoms with Crippen LogP contribution in [0.2, 0.25) is 0 Å². The van der Waals surface area contributed by atoms with Crippen LogP contribution in [-0.2, 0) is 6.54 Å². The molecule has 2 aromatic heterocycles. The van der Waals surface area contributed by atoms with Crippen molar-refractivity contribution in [1.82, 2.24) is 14.8 Å². The molecule has 0 fully saturated rings. The molecule has 2 heterocycles. The lowest BCUT2D eigenvalue weighted by molar-refractivity contribution is 0.112. The van der Waals surface area contributed by atoms with Gasteiger partial charge in [0.15, 0.2) is 6.29 Å². The molecule has 4 nitrogen and oxygen atoms in total. The molecule has 0 aromatic carbocycles. The van der Waals surface area contributed by atoms with Gasteiger partial charge in [-0.15, -0.1) is 0 Å². The van der Waals surface area contributed by atoms with E-state index in [2.05, 4.69) is 23.9 Å². The van der Waals surface area contributed by atoms with Crippen molar-refractivity contribution >= 4 is 6.29 Å². The fourth-order valence-corrected chi connectivity index (χ4v) is 1.76. The molecule has 0 aliphatic carbocycles. The van der Waals surface area contributed by atoms with Crippen LogP contribution in [-0.4, -0.2) is 21.1 Å². The molecule has 0 aliphatic heterocycles. The molecule has 94 valence electrons. The molecule has 0 unspecified atom stereocenters. The molecule has 0 saturated carbocycles. The van der Waals surface area contributed by atoms with Crippen LogP contribution in [0, 0.1) is 11.7 Å². The number of hydrogen-bond acceptors (Lipinski definition) is 3. The SMILES string of the molecule is CC(C)Cn1cc(C=O)c(-c2cncc(F)c2)n1. The van der Waals surface area contributed by atoms with E-state index in [1.165, 1.54) is 12.3 Å². The fourth-order valence-electron chi connectivity index (χ4n) is 1.76. The van der Waals surface area contributed by atoms with Crippen LogP contribution in [0.15, 0.2) is 24.7 Å². The van der Waals surface area contributed by atoms with Crippen LogP contribution < -0.4 is 0 Å². The van der Waals surface area contributed by atoms with E-state index in [4.69, 9.17) is 0 Å². The number of nitrogens with zero attached hydrogens (tertiary/aromatic N) is 3. The topological polar surface area (TPSA) is 47.8 Å². The molecule has 2 rings (SSSR count). The van der Waals surface area contributed by atoms with E-state index in [0.717, 1.165) is 12.5 Å². The number of aldehydes is 1. The first-order valence-electron chi connectivity index (χ1n) is 5.73. The lowest BCUT2D eigenvalue weighted by Crippen LogP contribution is -2.04. The number of aromatic nitrogens is 3. The van der Waals surface area contributed by atoms with Crippen LogP contribution in [0.25, 0.3) is 11.3 Å². The third-order valence-corrected chi connectivity index (χ3v) is 2.45. The molecule has 5 heteroatoms. The molecular formula is C13H14FN3O. The van der Waals surface area contributed by atoms with Gasteiger partial charge in [-0.2, -0.15) is 5.10 Å².